The number of carbonyl (C=O) groups excluding carboxylic acids is 1. The molecule has 2 aliphatic rings. The number of aromatic nitrogens is 3. The van der Waals surface area contributed by atoms with Crippen LogP contribution in [0.25, 0.3) is 0 Å². The highest BCUT2D eigenvalue weighted by Gasteiger charge is 2.30. The lowest BCUT2D eigenvalue weighted by atomic mass is 9.89. The molecule has 0 bridgehead atoms. The maximum Gasteiger partial charge on any atom is 0.224 e. The molecular weight excluding hydrogens is 294 g/mol. The summed E-state index contributed by atoms with van der Waals surface area (Å²) < 4.78 is 1.83. The second-order valence-corrected chi connectivity index (χ2v) is 6.91. The van der Waals surface area contributed by atoms with Crippen LogP contribution in [-0.4, -0.2) is 74.9 Å². The van der Waals surface area contributed by atoms with Crippen molar-refractivity contribution in [3.63, 3.8) is 0 Å². The van der Waals surface area contributed by atoms with Crippen LogP contribution in [0.1, 0.15) is 25.7 Å². The van der Waals surface area contributed by atoms with Gasteiger partial charge in [-0.3, -0.25) is 4.79 Å². The van der Waals surface area contributed by atoms with E-state index >= 15 is 0 Å². The van der Waals surface area contributed by atoms with Crippen molar-refractivity contribution >= 4 is 5.91 Å². The number of hydrogen-bond acceptors (Lipinski definition) is 5. The number of hydrogen-bond donors (Lipinski definition) is 1. The highest BCUT2D eigenvalue weighted by atomic mass is 16.3. The molecule has 1 aromatic rings. The first-order valence-electron chi connectivity index (χ1n) is 8.68. The Morgan fingerprint density at radius 3 is 2.52 bits per heavy atom. The second kappa shape index (κ2) is 7.88. The quantitative estimate of drug-likeness (QED) is 0.811. The van der Waals surface area contributed by atoms with Gasteiger partial charge in [0, 0.05) is 39.2 Å². The summed E-state index contributed by atoms with van der Waals surface area (Å²) in [7, 11) is 0. The Morgan fingerprint density at radius 1 is 1.13 bits per heavy atom. The third-order valence-corrected chi connectivity index (χ3v) is 5.00. The second-order valence-electron chi connectivity index (χ2n) is 6.91. The lowest BCUT2D eigenvalue weighted by molar-refractivity contribution is -0.135. The smallest absolute Gasteiger partial charge is 0.224 e. The average Bonchev–Trinajstić information content (AvgIpc) is 3.25. The minimum absolute atomic E-state index is 0.170. The van der Waals surface area contributed by atoms with Gasteiger partial charge in [0.05, 0.1) is 0 Å². The minimum atomic E-state index is 0.170. The summed E-state index contributed by atoms with van der Waals surface area (Å²) in [5, 5.41) is 17.1. The summed E-state index contributed by atoms with van der Waals surface area (Å²) in [6.07, 6.45) is 7.34. The van der Waals surface area contributed by atoms with E-state index in [1.807, 2.05) is 9.47 Å². The highest BCUT2D eigenvalue weighted by molar-refractivity contribution is 5.76. The van der Waals surface area contributed by atoms with Gasteiger partial charge in [-0.2, -0.15) is 0 Å². The van der Waals surface area contributed by atoms with Crippen molar-refractivity contribution in [2.45, 2.75) is 32.2 Å². The first-order valence-corrected chi connectivity index (χ1v) is 8.68. The van der Waals surface area contributed by atoms with Crippen molar-refractivity contribution in [2.24, 2.45) is 11.8 Å². The van der Waals surface area contributed by atoms with E-state index in [9.17, 15) is 9.90 Å². The summed E-state index contributed by atoms with van der Waals surface area (Å²) in [5.41, 5.74) is 0. The average molecular weight is 321 g/mol. The van der Waals surface area contributed by atoms with E-state index < -0.39 is 0 Å². The predicted octanol–water partition coefficient (Wildman–Crippen LogP) is 0.221. The van der Waals surface area contributed by atoms with Gasteiger partial charge < -0.3 is 19.5 Å². The zero-order valence-corrected chi connectivity index (χ0v) is 13.7. The number of nitrogens with zero attached hydrogens (tertiary/aromatic N) is 5. The molecule has 1 amide bonds. The molecular formula is C16H27N5O2. The van der Waals surface area contributed by atoms with Crippen LogP contribution in [-0.2, 0) is 11.3 Å². The summed E-state index contributed by atoms with van der Waals surface area (Å²) in [6.45, 7) is 5.73. The number of piperidine rings is 1. The Labute approximate surface area is 137 Å². The monoisotopic (exact) mass is 321 g/mol. The molecule has 0 aliphatic carbocycles. The summed E-state index contributed by atoms with van der Waals surface area (Å²) in [4.78, 5) is 17.0. The molecule has 7 nitrogen and oxygen atoms in total. The van der Waals surface area contributed by atoms with Gasteiger partial charge >= 0.3 is 0 Å². The van der Waals surface area contributed by atoms with E-state index in [0.29, 0.717) is 25.4 Å². The van der Waals surface area contributed by atoms with E-state index in [-0.39, 0.29) is 18.4 Å². The standard InChI is InChI=1S/C16H27N5O2/c22-11-15-7-14(8-19-4-1-2-5-19)9-21(10-15)16(23)3-6-20-12-17-18-13-20/h12-15,22H,1-11H2. The molecule has 128 valence electrons. The van der Waals surface area contributed by atoms with E-state index in [0.717, 1.165) is 19.5 Å². The van der Waals surface area contributed by atoms with E-state index in [4.69, 9.17) is 0 Å². The maximum atomic E-state index is 12.5. The van der Waals surface area contributed by atoms with Crippen LogP contribution in [0.2, 0.25) is 0 Å². The molecule has 1 N–H and O–H groups in total. The van der Waals surface area contributed by atoms with E-state index in [1.165, 1.54) is 25.9 Å². The fraction of sp³-hybridized carbons (Fsp3) is 0.812. The Bertz CT molecular complexity index is 487. The number of amides is 1. The van der Waals surface area contributed by atoms with Crippen molar-refractivity contribution in [1.82, 2.24) is 24.6 Å². The lowest BCUT2D eigenvalue weighted by Crippen LogP contribution is -2.47. The normalized spacial score (nSPS) is 25.9. The van der Waals surface area contributed by atoms with Crippen molar-refractivity contribution in [1.29, 1.82) is 0 Å². The fourth-order valence-electron chi connectivity index (χ4n) is 3.84. The van der Waals surface area contributed by atoms with Crippen LogP contribution in [0, 0.1) is 11.8 Å². The molecule has 23 heavy (non-hydrogen) atoms. The largest absolute Gasteiger partial charge is 0.396 e. The third kappa shape index (κ3) is 4.51. The fourth-order valence-corrected chi connectivity index (χ4v) is 3.84. The molecule has 7 heteroatoms. The molecule has 1 aromatic heterocycles. The predicted molar refractivity (Wildman–Crippen MR) is 85.6 cm³/mol. The van der Waals surface area contributed by atoms with E-state index in [1.54, 1.807) is 12.7 Å². The van der Waals surface area contributed by atoms with Crippen molar-refractivity contribution in [3.05, 3.63) is 12.7 Å². The van der Waals surface area contributed by atoms with Crippen LogP contribution < -0.4 is 0 Å². The molecule has 0 saturated carbocycles. The van der Waals surface area contributed by atoms with Gasteiger partial charge in [0.15, 0.2) is 0 Å². The van der Waals surface area contributed by atoms with Crippen molar-refractivity contribution < 1.29 is 9.90 Å². The highest BCUT2D eigenvalue weighted by Crippen LogP contribution is 2.24. The third-order valence-electron chi connectivity index (χ3n) is 5.00. The van der Waals surface area contributed by atoms with Crippen LogP contribution in [0.4, 0.5) is 0 Å². The molecule has 0 spiro atoms. The van der Waals surface area contributed by atoms with Crippen LogP contribution in [0.3, 0.4) is 0 Å². The van der Waals surface area contributed by atoms with Crippen molar-refractivity contribution in [3.8, 4) is 0 Å². The lowest BCUT2D eigenvalue weighted by Gasteiger charge is -2.38. The Hall–Kier alpha value is -1.47. The van der Waals surface area contributed by atoms with Gasteiger partial charge in [-0.25, -0.2) is 0 Å². The first kappa shape index (κ1) is 16.4. The number of likely N-dealkylation sites (tertiary alicyclic amines) is 2. The Balaban J connectivity index is 1.52. The number of carbonyl (C=O) groups is 1. The number of aryl methyl sites for hydroxylation is 1. The summed E-state index contributed by atoms with van der Waals surface area (Å²) >= 11 is 0. The topological polar surface area (TPSA) is 74.5 Å². The Kier molecular flexibility index (Phi) is 5.61. The van der Waals surface area contributed by atoms with Gasteiger partial charge in [0.2, 0.25) is 5.91 Å². The van der Waals surface area contributed by atoms with E-state index in [2.05, 4.69) is 15.1 Å². The molecule has 2 fully saturated rings. The summed E-state index contributed by atoms with van der Waals surface area (Å²) in [6, 6.07) is 0. The summed E-state index contributed by atoms with van der Waals surface area (Å²) in [5.74, 6) is 0.872. The molecule has 3 rings (SSSR count). The maximum absolute atomic E-state index is 12.5. The van der Waals surface area contributed by atoms with Gasteiger partial charge in [-0.15, -0.1) is 10.2 Å². The number of rotatable bonds is 6. The van der Waals surface area contributed by atoms with Crippen LogP contribution >= 0.6 is 0 Å². The first-order chi connectivity index (χ1) is 11.2. The molecule has 2 saturated heterocycles. The van der Waals surface area contributed by atoms with Gasteiger partial charge in [0.25, 0.3) is 0 Å². The molecule has 0 radical (unpaired) electrons. The number of aliphatic hydroxyl groups excluding tert-OH is 1. The van der Waals surface area contributed by atoms with Gasteiger partial charge in [-0.05, 0) is 44.2 Å². The molecule has 2 unspecified atom stereocenters. The van der Waals surface area contributed by atoms with Crippen LogP contribution in [0.5, 0.6) is 0 Å². The molecule has 2 atom stereocenters. The molecule has 2 aliphatic heterocycles. The van der Waals surface area contributed by atoms with Gasteiger partial charge in [0.1, 0.15) is 12.7 Å². The zero-order valence-electron chi connectivity index (χ0n) is 13.7. The van der Waals surface area contributed by atoms with Gasteiger partial charge in [-0.1, -0.05) is 0 Å². The Morgan fingerprint density at radius 2 is 1.83 bits per heavy atom. The number of aliphatic hydroxyl groups is 1. The zero-order chi connectivity index (χ0) is 16.1. The molecule has 0 aromatic carbocycles. The molecule has 3 heterocycles. The van der Waals surface area contributed by atoms with Crippen molar-refractivity contribution in [2.75, 3.05) is 39.3 Å². The SMILES string of the molecule is O=C(CCn1cnnc1)N1CC(CO)CC(CN2CCCC2)C1. The van der Waals surface area contributed by atoms with Crippen LogP contribution in [0.15, 0.2) is 12.7 Å². The minimum Gasteiger partial charge on any atom is -0.396 e.